The Morgan fingerprint density at radius 2 is 1.69 bits per heavy atom. The van der Waals surface area contributed by atoms with E-state index in [1.807, 2.05) is 17.0 Å². The average molecular weight is 438 g/mol. The van der Waals surface area contributed by atoms with Crippen LogP contribution in [0.3, 0.4) is 0 Å². The van der Waals surface area contributed by atoms with E-state index in [0.29, 0.717) is 56.3 Å². The first-order valence-corrected chi connectivity index (χ1v) is 11.3. The Labute approximate surface area is 185 Å². The number of aromatic nitrogens is 4. The van der Waals surface area contributed by atoms with E-state index in [9.17, 15) is 9.59 Å². The zero-order valence-electron chi connectivity index (χ0n) is 18.0. The summed E-state index contributed by atoms with van der Waals surface area (Å²) >= 11 is 0. The van der Waals surface area contributed by atoms with Gasteiger partial charge in [-0.2, -0.15) is 4.52 Å². The van der Waals surface area contributed by atoms with E-state index in [1.165, 1.54) is 25.5 Å². The molecular formula is C22H27N7O3. The first kappa shape index (κ1) is 20.5. The van der Waals surface area contributed by atoms with Crippen LogP contribution < -0.4 is 4.90 Å². The molecule has 0 radical (unpaired) electrons. The van der Waals surface area contributed by atoms with Crippen molar-refractivity contribution < 1.29 is 14.0 Å². The Morgan fingerprint density at radius 1 is 0.906 bits per heavy atom. The van der Waals surface area contributed by atoms with Gasteiger partial charge in [-0.3, -0.25) is 9.59 Å². The van der Waals surface area contributed by atoms with Crippen LogP contribution in [0.25, 0.3) is 5.65 Å². The van der Waals surface area contributed by atoms with Crippen molar-refractivity contribution in [1.29, 1.82) is 0 Å². The molecule has 0 aromatic carbocycles. The van der Waals surface area contributed by atoms with Crippen LogP contribution in [0.5, 0.6) is 0 Å². The number of hydrogen-bond donors (Lipinski definition) is 0. The molecule has 0 N–H and O–H groups in total. The molecule has 168 valence electrons. The Morgan fingerprint density at radius 3 is 2.44 bits per heavy atom. The summed E-state index contributed by atoms with van der Waals surface area (Å²) in [6.45, 7) is 4.07. The van der Waals surface area contributed by atoms with Crippen LogP contribution in [0.4, 0.5) is 5.82 Å². The Bertz CT molecular complexity index is 1080. The summed E-state index contributed by atoms with van der Waals surface area (Å²) in [6, 6.07) is 7.29. The molecule has 10 nitrogen and oxygen atoms in total. The quantitative estimate of drug-likeness (QED) is 0.598. The van der Waals surface area contributed by atoms with E-state index in [4.69, 9.17) is 9.52 Å². The van der Waals surface area contributed by atoms with E-state index in [0.717, 1.165) is 18.9 Å². The van der Waals surface area contributed by atoms with Crippen molar-refractivity contribution in [2.24, 2.45) is 0 Å². The maximum atomic E-state index is 12.8. The van der Waals surface area contributed by atoms with E-state index >= 15 is 0 Å². The van der Waals surface area contributed by atoms with Crippen molar-refractivity contribution in [3.63, 3.8) is 0 Å². The van der Waals surface area contributed by atoms with Crippen LogP contribution in [0.1, 0.15) is 42.1 Å². The largest absolute Gasteiger partial charge is 0.459 e. The zero-order valence-corrected chi connectivity index (χ0v) is 18.0. The minimum absolute atomic E-state index is 0.0547. The predicted molar refractivity (Wildman–Crippen MR) is 116 cm³/mol. The number of nitrogens with zero attached hydrogens (tertiary/aromatic N) is 7. The van der Waals surface area contributed by atoms with Crippen LogP contribution in [0.15, 0.2) is 34.9 Å². The highest BCUT2D eigenvalue weighted by Gasteiger charge is 2.26. The lowest BCUT2D eigenvalue weighted by Crippen LogP contribution is -2.50. The molecule has 2 fully saturated rings. The van der Waals surface area contributed by atoms with Gasteiger partial charge < -0.3 is 19.1 Å². The van der Waals surface area contributed by atoms with Crippen LogP contribution in [0.2, 0.25) is 0 Å². The molecule has 0 aliphatic carbocycles. The van der Waals surface area contributed by atoms with Crippen LogP contribution in [-0.4, -0.2) is 80.7 Å². The van der Waals surface area contributed by atoms with E-state index in [-0.39, 0.29) is 11.8 Å². The van der Waals surface area contributed by atoms with Crippen molar-refractivity contribution >= 4 is 23.3 Å². The van der Waals surface area contributed by atoms with Gasteiger partial charge in [-0.1, -0.05) is 0 Å². The van der Waals surface area contributed by atoms with Crippen LogP contribution in [-0.2, 0) is 11.2 Å². The second-order valence-electron chi connectivity index (χ2n) is 8.28. The highest BCUT2D eigenvalue weighted by Crippen LogP contribution is 2.18. The topological polar surface area (TPSA) is 100 Å². The number of piperidine rings is 1. The van der Waals surface area contributed by atoms with Gasteiger partial charge in [0.15, 0.2) is 17.2 Å². The summed E-state index contributed by atoms with van der Waals surface area (Å²) in [6.07, 6.45) is 5.94. The van der Waals surface area contributed by atoms with Crippen molar-refractivity contribution in [1.82, 2.24) is 29.6 Å². The molecule has 2 aliphatic heterocycles. The third-order valence-corrected chi connectivity index (χ3v) is 6.21. The molecule has 5 rings (SSSR count). The minimum Gasteiger partial charge on any atom is -0.459 e. The van der Waals surface area contributed by atoms with Gasteiger partial charge in [-0.05, 0) is 43.5 Å². The number of carbonyl (C=O) groups is 2. The SMILES string of the molecule is O=C(CCc1nnc2ccc(N3CCCCC3)nn12)N1CCN(C(=O)c2ccco2)CC1. The highest BCUT2D eigenvalue weighted by molar-refractivity contribution is 5.91. The number of rotatable bonds is 5. The van der Waals surface area contributed by atoms with Crippen molar-refractivity contribution in [3.8, 4) is 0 Å². The summed E-state index contributed by atoms with van der Waals surface area (Å²) < 4.78 is 6.95. The first-order valence-electron chi connectivity index (χ1n) is 11.3. The summed E-state index contributed by atoms with van der Waals surface area (Å²) in [7, 11) is 0. The number of amides is 2. The number of anilines is 1. The average Bonchev–Trinajstić information content (AvgIpc) is 3.53. The molecule has 10 heteroatoms. The minimum atomic E-state index is -0.132. The molecule has 0 bridgehead atoms. The maximum absolute atomic E-state index is 12.8. The predicted octanol–water partition coefficient (Wildman–Crippen LogP) is 1.62. The number of aryl methyl sites for hydroxylation is 1. The molecular weight excluding hydrogens is 410 g/mol. The molecule has 32 heavy (non-hydrogen) atoms. The summed E-state index contributed by atoms with van der Waals surface area (Å²) in [5, 5.41) is 13.2. The van der Waals surface area contributed by atoms with Gasteiger partial charge in [0.05, 0.1) is 6.26 Å². The highest BCUT2D eigenvalue weighted by atomic mass is 16.3. The summed E-state index contributed by atoms with van der Waals surface area (Å²) in [5.74, 6) is 1.88. The molecule has 0 saturated carbocycles. The number of carbonyl (C=O) groups excluding carboxylic acids is 2. The molecule has 0 unspecified atom stereocenters. The van der Waals surface area contributed by atoms with E-state index in [1.54, 1.807) is 21.5 Å². The third kappa shape index (κ3) is 4.17. The van der Waals surface area contributed by atoms with Crippen LogP contribution in [0, 0.1) is 0 Å². The smallest absolute Gasteiger partial charge is 0.289 e. The fraction of sp³-hybridized carbons (Fsp3) is 0.500. The van der Waals surface area contributed by atoms with Gasteiger partial charge in [0, 0.05) is 52.1 Å². The van der Waals surface area contributed by atoms with Gasteiger partial charge in [0.2, 0.25) is 5.91 Å². The van der Waals surface area contributed by atoms with Gasteiger partial charge in [0.1, 0.15) is 5.82 Å². The Balaban J connectivity index is 1.18. The molecule has 0 atom stereocenters. The van der Waals surface area contributed by atoms with Gasteiger partial charge in [-0.25, -0.2) is 0 Å². The van der Waals surface area contributed by atoms with Crippen LogP contribution >= 0.6 is 0 Å². The molecule has 3 aromatic heterocycles. The molecule has 3 aromatic rings. The second kappa shape index (κ2) is 8.97. The standard InChI is InChI=1S/C22H27N7O3/c30-21(27-12-14-28(15-13-27)22(31)17-5-4-16-32-17)9-8-19-24-23-18-6-7-20(25-29(18)19)26-10-2-1-3-11-26/h4-7,16H,1-3,8-15H2. The Kier molecular flexibility index (Phi) is 5.74. The van der Waals surface area contributed by atoms with Gasteiger partial charge >= 0.3 is 0 Å². The number of piperazine rings is 1. The van der Waals surface area contributed by atoms with Crippen molar-refractivity contribution in [3.05, 3.63) is 42.1 Å². The molecule has 2 aliphatic rings. The zero-order chi connectivity index (χ0) is 21.9. The van der Waals surface area contributed by atoms with E-state index < -0.39 is 0 Å². The Hall–Kier alpha value is -3.43. The summed E-state index contributed by atoms with van der Waals surface area (Å²) in [5.41, 5.74) is 0.693. The number of hydrogen-bond acceptors (Lipinski definition) is 7. The van der Waals surface area contributed by atoms with Gasteiger partial charge in [0.25, 0.3) is 5.91 Å². The maximum Gasteiger partial charge on any atom is 0.289 e. The molecule has 2 amide bonds. The molecule has 5 heterocycles. The first-order chi connectivity index (χ1) is 15.7. The normalized spacial score (nSPS) is 17.2. The number of fused-ring (bicyclic) bond motifs is 1. The fourth-order valence-electron chi connectivity index (χ4n) is 4.36. The lowest BCUT2D eigenvalue weighted by atomic mass is 10.1. The summed E-state index contributed by atoms with van der Waals surface area (Å²) in [4.78, 5) is 31.0. The molecule has 0 spiro atoms. The van der Waals surface area contributed by atoms with Crippen molar-refractivity contribution in [2.45, 2.75) is 32.1 Å². The molecule has 2 saturated heterocycles. The monoisotopic (exact) mass is 437 g/mol. The van der Waals surface area contributed by atoms with Gasteiger partial charge in [-0.15, -0.1) is 15.3 Å². The van der Waals surface area contributed by atoms with Crippen molar-refractivity contribution in [2.75, 3.05) is 44.2 Å². The van der Waals surface area contributed by atoms with E-state index in [2.05, 4.69) is 15.1 Å². The second-order valence-corrected chi connectivity index (χ2v) is 8.28. The lowest BCUT2D eigenvalue weighted by molar-refractivity contribution is -0.132. The fourth-order valence-corrected chi connectivity index (χ4v) is 4.36. The number of furan rings is 1. The third-order valence-electron chi connectivity index (χ3n) is 6.21. The lowest BCUT2D eigenvalue weighted by Gasteiger charge is -2.34.